The highest BCUT2D eigenvalue weighted by molar-refractivity contribution is 5.96. The van der Waals surface area contributed by atoms with E-state index in [1.165, 1.54) is 6.92 Å². The van der Waals surface area contributed by atoms with Gasteiger partial charge in [0.05, 0.1) is 12.2 Å². The number of anilines is 2. The summed E-state index contributed by atoms with van der Waals surface area (Å²) in [5.41, 5.74) is 1.41. The summed E-state index contributed by atoms with van der Waals surface area (Å²) in [5, 5.41) is 5.65. The SMILES string of the molecule is CC(=O)CNc1ccc2c(c1)NC(=O)CO2. The van der Waals surface area contributed by atoms with E-state index in [9.17, 15) is 9.59 Å². The van der Waals surface area contributed by atoms with Crippen LogP contribution in [0.25, 0.3) is 0 Å². The van der Waals surface area contributed by atoms with Crippen LogP contribution in [0, 0.1) is 0 Å². The van der Waals surface area contributed by atoms with Gasteiger partial charge in [0.2, 0.25) is 0 Å². The van der Waals surface area contributed by atoms with Crippen molar-refractivity contribution in [2.45, 2.75) is 6.92 Å². The van der Waals surface area contributed by atoms with Crippen molar-refractivity contribution < 1.29 is 14.3 Å². The van der Waals surface area contributed by atoms with E-state index in [-0.39, 0.29) is 24.8 Å². The Morgan fingerprint density at radius 2 is 2.38 bits per heavy atom. The molecule has 2 rings (SSSR count). The average molecular weight is 220 g/mol. The van der Waals surface area contributed by atoms with Gasteiger partial charge in [-0.1, -0.05) is 0 Å². The lowest BCUT2D eigenvalue weighted by Gasteiger charge is -2.18. The van der Waals surface area contributed by atoms with Crippen LogP contribution < -0.4 is 15.4 Å². The van der Waals surface area contributed by atoms with Gasteiger partial charge >= 0.3 is 0 Å². The maximum absolute atomic E-state index is 11.1. The van der Waals surface area contributed by atoms with E-state index in [2.05, 4.69) is 10.6 Å². The number of carbonyl (C=O) groups is 2. The summed E-state index contributed by atoms with van der Waals surface area (Å²) < 4.78 is 5.21. The molecule has 0 spiro atoms. The summed E-state index contributed by atoms with van der Waals surface area (Å²) in [7, 11) is 0. The second kappa shape index (κ2) is 4.22. The van der Waals surface area contributed by atoms with E-state index in [0.717, 1.165) is 5.69 Å². The molecule has 0 bridgehead atoms. The maximum Gasteiger partial charge on any atom is 0.262 e. The number of amides is 1. The predicted octanol–water partition coefficient (Wildman–Crippen LogP) is 1.02. The zero-order valence-electron chi connectivity index (χ0n) is 8.87. The van der Waals surface area contributed by atoms with Crippen LogP contribution in [0.3, 0.4) is 0 Å². The van der Waals surface area contributed by atoms with E-state index in [0.29, 0.717) is 11.4 Å². The fourth-order valence-electron chi connectivity index (χ4n) is 1.42. The predicted molar refractivity (Wildman–Crippen MR) is 59.7 cm³/mol. The van der Waals surface area contributed by atoms with Crippen molar-refractivity contribution in [3.63, 3.8) is 0 Å². The fraction of sp³-hybridized carbons (Fsp3) is 0.273. The van der Waals surface area contributed by atoms with E-state index >= 15 is 0 Å². The smallest absolute Gasteiger partial charge is 0.262 e. The zero-order valence-corrected chi connectivity index (χ0v) is 8.87. The van der Waals surface area contributed by atoms with Gasteiger partial charge in [-0.2, -0.15) is 0 Å². The zero-order chi connectivity index (χ0) is 11.5. The Bertz CT molecular complexity index is 443. The highest BCUT2D eigenvalue weighted by atomic mass is 16.5. The Morgan fingerprint density at radius 3 is 3.12 bits per heavy atom. The first kappa shape index (κ1) is 10.5. The number of ether oxygens (including phenoxy) is 1. The van der Waals surface area contributed by atoms with Gasteiger partial charge in [-0.05, 0) is 25.1 Å². The van der Waals surface area contributed by atoms with Crippen LogP contribution in [-0.2, 0) is 9.59 Å². The number of benzene rings is 1. The molecule has 1 amide bonds. The van der Waals surface area contributed by atoms with Crippen LogP contribution in [0.4, 0.5) is 11.4 Å². The molecular formula is C11H12N2O3. The number of Topliss-reactive ketones (excluding diaryl/α,β-unsaturated/α-hetero) is 1. The number of hydrogen-bond acceptors (Lipinski definition) is 4. The molecule has 1 aromatic carbocycles. The topological polar surface area (TPSA) is 67.4 Å². The molecule has 0 radical (unpaired) electrons. The van der Waals surface area contributed by atoms with E-state index in [1.54, 1.807) is 18.2 Å². The Labute approximate surface area is 92.8 Å². The van der Waals surface area contributed by atoms with Crippen molar-refractivity contribution in [1.82, 2.24) is 0 Å². The van der Waals surface area contributed by atoms with Crippen molar-refractivity contribution in [2.75, 3.05) is 23.8 Å². The van der Waals surface area contributed by atoms with Gasteiger partial charge in [0, 0.05) is 5.69 Å². The Balaban J connectivity index is 2.14. The third-order valence-electron chi connectivity index (χ3n) is 2.15. The van der Waals surface area contributed by atoms with Crippen LogP contribution >= 0.6 is 0 Å². The molecule has 0 fully saturated rings. The molecule has 2 N–H and O–H groups in total. The number of fused-ring (bicyclic) bond motifs is 1. The Kier molecular flexibility index (Phi) is 2.76. The van der Waals surface area contributed by atoms with Gasteiger partial charge in [0.25, 0.3) is 5.91 Å². The number of carbonyl (C=O) groups excluding carboxylic acids is 2. The average Bonchev–Trinajstić information content (AvgIpc) is 2.25. The second-order valence-electron chi connectivity index (χ2n) is 3.60. The van der Waals surface area contributed by atoms with E-state index in [1.807, 2.05) is 0 Å². The molecule has 0 aliphatic carbocycles. The third-order valence-corrected chi connectivity index (χ3v) is 2.15. The van der Waals surface area contributed by atoms with Crippen molar-refractivity contribution in [1.29, 1.82) is 0 Å². The second-order valence-corrected chi connectivity index (χ2v) is 3.60. The lowest BCUT2D eigenvalue weighted by Crippen LogP contribution is -2.25. The summed E-state index contributed by atoms with van der Waals surface area (Å²) in [5.74, 6) is 0.530. The van der Waals surface area contributed by atoms with Crippen molar-refractivity contribution in [3.8, 4) is 5.75 Å². The highest BCUT2D eigenvalue weighted by Gasteiger charge is 2.15. The van der Waals surface area contributed by atoms with Crippen molar-refractivity contribution in [3.05, 3.63) is 18.2 Å². The number of ketones is 1. The van der Waals surface area contributed by atoms with Gasteiger partial charge in [-0.15, -0.1) is 0 Å². The minimum Gasteiger partial charge on any atom is -0.482 e. The minimum absolute atomic E-state index is 0.0488. The molecule has 0 atom stereocenters. The molecule has 1 aliphatic heterocycles. The molecule has 84 valence electrons. The van der Waals surface area contributed by atoms with Gasteiger partial charge in [0.1, 0.15) is 11.5 Å². The van der Waals surface area contributed by atoms with Crippen LogP contribution in [0.2, 0.25) is 0 Å². The summed E-state index contributed by atoms with van der Waals surface area (Å²) in [6, 6.07) is 5.31. The lowest BCUT2D eigenvalue weighted by molar-refractivity contribution is -0.118. The standard InChI is InChI=1S/C11H12N2O3/c1-7(14)5-12-8-2-3-10-9(4-8)13-11(15)6-16-10/h2-4,12H,5-6H2,1H3,(H,13,15). The monoisotopic (exact) mass is 220 g/mol. The van der Waals surface area contributed by atoms with Gasteiger partial charge < -0.3 is 15.4 Å². The van der Waals surface area contributed by atoms with Crippen LogP contribution in [0.1, 0.15) is 6.92 Å². The number of rotatable bonds is 3. The molecule has 1 aliphatic rings. The molecule has 16 heavy (non-hydrogen) atoms. The van der Waals surface area contributed by atoms with Crippen LogP contribution in [-0.4, -0.2) is 24.8 Å². The van der Waals surface area contributed by atoms with Gasteiger partial charge in [-0.25, -0.2) is 0 Å². The summed E-state index contributed by atoms with van der Waals surface area (Å²) in [6.45, 7) is 1.83. The lowest BCUT2D eigenvalue weighted by atomic mass is 10.2. The normalized spacial score (nSPS) is 13.4. The summed E-state index contributed by atoms with van der Waals surface area (Å²) >= 11 is 0. The molecule has 5 nitrogen and oxygen atoms in total. The quantitative estimate of drug-likeness (QED) is 0.798. The van der Waals surface area contributed by atoms with Crippen LogP contribution in [0.5, 0.6) is 5.75 Å². The molecule has 0 aromatic heterocycles. The third kappa shape index (κ3) is 2.31. The molecule has 1 heterocycles. The molecule has 0 unspecified atom stereocenters. The Hall–Kier alpha value is -2.04. The highest BCUT2D eigenvalue weighted by Crippen LogP contribution is 2.30. The first-order chi connectivity index (χ1) is 7.65. The molecule has 0 saturated heterocycles. The fourth-order valence-corrected chi connectivity index (χ4v) is 1.42. The molecule has 0 saturated carbocycles. The molecule has 1 aromatic rings. The maximum atomic E-state index is 11.1. The van der Waals surface area contributed by atoms with Gasteiger partial charge in [-0.3, -0.25) is 9.59 Å². The number of nitrogens with one attached hydrogen (secondary N) is 2. The first-order valence-electron chi connectivity index (χ1n) is 4.95. The summed E-state index contributed by atoms with van der Waals surface area (Å²) in [6.07, 6.45) is 0. The van der Waals surface area contributed by atoms with Crippen LogP contribution in [0.15, 0.2) is 18.2 Å². The van der Waals surface area contributed by atoms with Crippen molar-refractivity contribution in [2.24, 2.45) is 0 Å². The van der Waals surface area contributed by atoms with E-state index in [4.69, 9.17) is 4.74 Å². The Morgan fingerprint density at radius 1 is 1.56 bits per heavy atom. The largest absolute Gasteiger partial charge is 0.482 e. The molecular weight excluding hydrogens is 208 g/mol. The van der Waals surface area contributed by atoms with E-state index < -0.39 is 0 Å². The number of hydrogen-bond donors (Lipinski definition) is 2. The minimum atomic E-state index is -0.170. The summed E-state index contributed by atoms with van der Waals surface area (Å²) in [4.78, 5) is 21.9. The van der Waals surface area contributed by atoms with Crippen molar-refractivity contribution >= 4 is 23.1 Å². The first-order valence-corrected chi connectivity index (χ1v) is 4.95. The molecule has 5 heteroatoms. The van der Waals surface area contributed by atoms with Gasteiger partial charge in [0.15, 0.2) is 6.61 Å².